The third kappa shape index (κ3) is 4.00. The molecule has 10 heteroatoms. The fraction of sp³-hybridized carbons (Fsp3) is 0.0952. The normalized spacial score (nSPS) is 12.2. The number of nitrogens with zero attached hydrogens (tertiary/aromatic N) is 3. The topological polar surface area (TPSA) is 54.5 Å². The van der Waals surface area contributed by atoms with Gasteiger partial charge in [0.05, 0.1) is 11.1 Å². The zero-order valence-electron chi connectivity index (χ0n) is 15.5. The Morgan fingerprint density at radius 1 is 0.645 bits per heavy atom. The Bertz CT molecular complexity index is 1200. The molecule has 1 heterocycles. The largest absolute Gasteiger partial charge is 0.417 e. The number of hydrogen-bond donors (Lipinski definition) is 1. The molecule has 0 aliphatic rings. The maximum absolute atomic E-state index is 13.8. The number of aromatic nitrogens is 4. The maximum atomic E-state index is 13.8. The van der Waals surface area contributed by atoms with Crippen molar-refractivity contribution in [2.75, 3.05) is 0 Å². The van der Waals surface area contributed by atoms with Gasteiger partial charge in [-0.3, -0.25) is 0 Å². The highest BCUT2D eigenvalue weighted by atomic mass is 19.4. The fourth-order valence-electron chi connectivity index (χ4n) is 3.33. The van der Waals surface area contributed by atoms with Crippen molar-refractivity contribution in [3.05, 3.63) is 77.9 Å². The lowest BCUT2D eigenvalue weighted by Gasteiger charge is -2.19. The van der Waals surface area contributed by atoms with Crippen LogP contribution in [0.3, 0.4) is 0 Å². The van der Waals surface area contributed by atoms with Crippen LogP contribution in [0.5, 0.6) is 0 Å². The molecular formula is C21H12F6N4. The third-order valence-corrected chi connectivity index (χ3v) is 4.68. The molecule has 0 radical (unpaired) electrons. The monoisotopic (exact) mass is 434 g/mol. The lowest BCUT2D eigenvalue weighted by molar-refractivity contribution is -0.138. The number of rotatable bonds is 3. The van der Waals surface area contributed by atoms with Crippen LogP contribution >= 0.6 is 0 Å². The Labute approximate surface area is 171 Å². The van der Waals surface area contributed by atoms with Crippen LogP contribution in [0.15, 0.2) is 66.7 Å². The summed E-state index contributed by atoms with van der Waals surface area (Å²) in [6.45, 7) is 0. The van der Waals surface area contributed by atoms with Gasteiger partial charge >= 0.3 is 12.4 Å². The molecule has 1 aromatic heterocycles. The Morgan fingerprint density at radius 3 is 1.90 bits per heavy atom. The summed E-state index contributed by atoms with van der Waals surface area (Å²) in [4.78, 5) is 0. The van der Waals surface area contributed by atoms with Gasteiger partial charge in [-0.15, -0.1) is 10.2 Å². The Kier molecular flexibility index (Phi) is 5.00. The molecule has 0 bridgehead atoms. The molecule has 3 aromatic carbocycles. The molecule has 0 amide bonds. The minimum atomic E-state index is -4.65. The van der Waals surface area contributed by atoms with E-state index in [1.165, 1.54) is 42.5 Å². The molecule has 0 aliphatic carbocycles. The smallest absolute Gasteiger partial charge is 0.177 e. The number of halogens is 6. The van der Waals surface area contributed by atoms with Gasteiger partial charge in [0.15, 0.2) is 0 Å². The molecule has 0 saturated carbocycles. The lowest BCUT2D eigenvalue weighted by atomic mass is 9.87. The van der Waals surface area contributed by atoms with Crippen LogP contribution in [-0.4, -0.2) is 20.6 Å². The summed E-state index contributed by atoms with van der Waals surface area (Å²) >= 11 is 0. The van der Waals surface area contributed by atoms with Gasteiger partial charge in [-0.25, -0.2) is 0 Å². The summed E-state index contributed by atoms with van der Waals surface area (Å²) in [5.74, 6) is 0.0562. The summed E-state index contributed by atoms with van der Waals surface area (Å²) < 4.78 is 80.1. The fourth-order valence-corrected chi connectivity index (χ4v) is 3.33. The highest BCUT2D eigenvalue weighted by Crippen LogP contribution is 2.44. The van der Waals surface area contributed by atoms with E-state index in [1.807, 2.05) is 0 Å². The van der Waals surface area contributed by atoms with Crippen molar-refractivity contribution in [3.63, 3.8) is 0 Å². The molecule has 0 unspecified atom stereocenters. The van der Waals surface area contributed by atoms with E-state index < -0.39 is 23.5 Å². The van der Waals surface area contributed by atoms with Crippen molar-refractivity contribution in [1.29, 1.82) is 0 Å². The maximum Gasteiger partial charge on any atom is 0.417 e. The highest BCUT2D eigenvalue weighted by molar-refractivity contribution is 5.94. The van der Waals surface area contributed by atoms with Crippen molar-refractivity contribution in [3.8, 4) is 33.6 Å². The molecule has 4 nitrogen and oxygen atoms in total. The molecule has 0 fully saturated rings. The Hall–Kier alpha value is -3.69. The van der Waals surface area contributed by atoms with Gasteiger partial charge in [0, 0.05) is 11.1 Å². The molecular weight excluding hydrogens is 422 g/mol. The highest BCUT2D eigenvalue weighted by Gasteiger charge is 2.35. The summed E-state index contributed by atoms with van der Waals surface area (Å²) in [5, 5.41) is 13.5. The SMILES string of the molecule is FC(F)(F)c1ccc(-c2cccc(-c3nn[nH]n3)c2-c2ccccc2C(F)(F)F)cc1. The summed E-state index contributed by atoms with van der Waals surface area (Å²) in [6.07, 6.45) is -9.19. The third-order valence-electron chi connectivity index (χ3n) is 4.68. The van der Waals surface area contributed by atoms with Crippen molar-refractivity contribution in [2.24, 2.45) is 0 Å². The standard InChI is InChI=1S/C21H12F6N4/c22-20(23,24)13-10-8-12(9-11-13)14-5-3-6-16(19-28-30-31-29-19)18(14)15-4-1-2-7-17(15)21(25,26)27/h1-11H,(H,28,29,30,31). The first-order chi connectivity index (χ1) is 14.7. The lowest BCUT2D eigenvalue weighted by Crippen LogP contribution is -2.08. The molecule has 4 rings (SSSR count). The molecule has 0 spiro atoms. The van der Waals surface area contributed by atoms with Crippen LogP contribution < -0.4 is 0 Å². The van der Waals surface area contributed by atoms with Gasteiger partial charge in [0.2, 0.25) is 5.82 Å². The molecule has 4 aromatic rings. The summed E-state index contributed by atoms with van der Waals surface area (Å²) in [6, 6.07) is 13.8. The second-order valence-electron chi connectivity index (χ2n) is 6.58. The van der Waals surface area contributed by atoms with Crippen molar-refractivity contribution in [2.45, 2.75) is 12.4 Å². The number of H-pyrrole nitrogens is 1. The van der Waals surface area contributed by atoms with E-state index >= 15 is 0 Å². The molecule has 0 atom stereocenters. The van der Waals surface area contributed by atoms with Crippen molar-refractivity contribution < 1.29 is 26.3 Å². The number of nitrogens with one attached hydrogen (secondary N) is 1. The van der Waals surface area contributed by atoms with Crippen LogP contribution in [0, 0.1) is 0 Å². The minimum absolute atomic E-state index is 0.0562. The van der Waals surface area contributed by atoms with E-state index in [1.54, 1.807) is 6.07 Å². The first-order valence-electron chi connectivity index (χ1n) is 8.87. The molecule has 31 heavy (non-hydrogen) atoms. The van der Waals surface area contributed by atoms with E-state index in [0.29, 0.717) is 11.1 Å². The predicted octanol–water partition coefficient (Wildman–Crippen LogP) is 6.24. The van der Waals surface area contributed by atoms with Gasteiger partial charge in [-0.1, -0.05) is 48.5 Å². The molecule has 1 N–H and O–H groups in total. The van der Waals surface area contributed by atoms with E-state index in [4.69, 9.17) is 0 Å². The predicted molar refractivity (Wildman–Crippen MR) is 100 cm³/mol. The number of tetrazole rings is 1. The Morgan fingerprint density at radius 2 is 1.29 bits per heavy atom. The van der Waals surface area contributed by atoms with Gasteiger partial charge in [-0.05, 0) is 40.1 Å². The average molecular weight is 434 g/mol. The molecule has 0 aliphatic heterocycles. The van der Waals surface area contributed by atoms with Crippen LogP contribution in [0.25, 0.3) is 33.6 Å². The number of hydrogen-bond acceptors (Lipinski definition) is 3. The number of alkyl halides is 6. The van der Waals surface area contributed by atoms with Crippen LogP contribution in [0.2, 0.25) is 0 Å². The first-order valence-corrected chi connectivity index (χ1v) is 8.87. The summed E-state index contributed by atoms with van der Waals surface area (Å²) in [7, 11) is 0. The van der Waals surface area contributed by atoms with E-state index in [9.17, 15) is 26.3 Å². The van der Waals surface area contributed by atoms with Crippen LogP contribution in [0.1, 0.15) is 11.1 Å². The van der Waals surface area contributed by atoms with E-state index in [0.717, 1.165) is 18.2 Å². The molecule has 158 valence electrons. The van der Waals surface area contributed by atoms with Crippen molar-refractivity contribution in [1.82, 2.24) is 20.6 Å². The quantitative estimate of drug-likeness (QED) is 0.389. The Balaban J connectivity index is 2.00. The minimum Gasteiger partial charge on any atom is -0.177 e. The van der Waals surface area contributed by atoms with Gasteiger partial charge in [0.25, 0.3) is 0 Å². The number of aromatic amines is 1. The van der Waals surface area contributed by atoms with E-state index in [-0.39, 0.29) is 22.5 Å². The van der Waals surface area contributed by atoms with Crippen LogP contribution in [0.4, 0.5) is 26.3 Å². The van der Waals surface area contributed by atoms with Gasteiger partial charge in [0.1, 0.15) is 0 Å². The molecule has 0 saturated heterocycles. The zero-order valence-corrected chi connectivity index (χ0v) is 15.5. The second-order valence-corrected chi connectivity index (χ2v) is 6.58. The first kappa shape index (κ1) is 20.6. The van der Waals surface area contributed by atoms with Gasteiger partial charge in [-0.2, -0.15) is 31.6 Å². The number of benzene rings is 3. The van der Waals surface area contributed by atoms with Crippen LogP contribution in [-0.2, 0) is 12.4 Å². The van der Waals surface area contributed by atoms with Crippen molar-refractivity contribution >= 4 is 0 Å². The zero-order chi connectivity index (χ0) is 22.2. The average Bonchev–Trinajstić information content (AvgIpc) is 3.27. The second kappa shape index (κ2) is 7.53. The summed E-state index contributed by atoms with van der Waals surface area (Å²) in [5.41, 5.74) is -0.898. The van der Waals surface area contributed by atoms with E-state index in [2.05, 4.69) is 20.6 Å². The van der Waals surface area contributed by atoms with Gasteiger partial charge < -0.3 is 0 Å².